The fourth-order valence-corrected chi connectivity index (χ4v) is 1.99. The molecule has 20 heavy (non-hydrogen) atoms. The highest BCUT2D eigenvalue weighted by Gasteiger charge is 2.10. The van der Waals surface area contributed by atoms with Crippen molar-refractivity contribution in [3.63, 3.8) is 0 Å². The molecule has 1 rings (SSSR count). The number of ether oxygens (including phenoxy) is 1. The maximum Gasteiger partial charge on any atom is 0.342 e. The van der Waals surface area contributed by atoms with E-state index in [0.717, 1.165) is 17.3 Å². The Hall–Kier alpha value is -2.01. The Morgan fingerprint density at radius 3 is 2.60 bits per heavy atom. The van der Waals surface area contributed by atoms with E-state index in [2.05, 4.69) is 0 Å². The molecule has 1 aromatic rings. The van der Waals surface area contributed by atoms with Crippen molar-refractivity contribution in [3.8, 4) is 0 Å². The molecule has 0 bridgehead atoms. The average Bonchev–Trinajstić information content (AvgIpc) is 2.43. The van der Waals surface area contributed by atoms with Gasteiger partial charge >= 0.3 is 11.9 Å². The average molecular weight is 292 g/mol. The number of hydrogen-bond donors (Lipinski definition) is 1. The SMILES string of the molecule is CCOC(=O)CS/C(=C/C=C/c1ccccc1)C(=O)O. The second kappa shape index (κ2) is 8.98. The van der Waals surface area contributed by atoms with Crippen molar-refractivity contribution in [1.82, 2.24) is 0 Å². The third kappa shape index (κ3) is 6.24. The van der Waals surface area contributed by atoms with Gasteiger partial charge in [-0.2, -0.15) is 0 Å². The highest BCUT2D eigenvalue weighted by atomic mass is 32.2. The zero-order valence-electron chi connectivity index (χ0n) is 11.1. The van der Waals surface area contributed by atoms with Gasteiger partial charge < -0.3 is 9.84 Å². The van der Waals surface area contributed by atoms with E-state index >= 15 is 0 Å². The van der Waals surface area contributed by atoms with E-state index in [9.17, 15) is 9.59 Å². The van der Waals surface area contributed by atoms with Crippen molar-refractivity contribution in [3.05, 3.63) is 53.0 Å². The molecule has 0 radical (unpaired) electrons. The summed E-state index contributed by atoms with van der Waals surface area (Å²) >= 11 is 0.949. The summed E-state index contributed by atoms with van der Waals surface area (Å²) in [5, 5.41) is 9.04. The van der Waals surface area contributed by atoms with Crippen molar-refractivity contribution in [1.29, 1.82) is 0 Å². The summed E-state index contributed by atoms with van der Waals surface area (Å²) in [5.74, 6) is -1.49. The van der Waals surface area contributed by atoms with Gasteiger partial charge in [0.15, 0.2) is 0 Å². The molecule has 0 heterocycles. The fourth-order valence-electron chi connectivity index (χ4n) is 1.33. The van der Waals surface area contributed by atoms with E-state index < -0.39 is 11.9 Å². The molecule has 1 N–H and O–H groups in total. The lowest BCUT2D eigenvalue weighted by molar-refractivity contribution is -0.139. The first-order valence-corrected chi connectivity index (χ1v) is 7.07. The Kier molecular flexibility index (Phi) is 7.21. The van der Waals surface area contributed by atoms with Gasteiger partial charge in [-0.25, -0.2) is 4.79 Å². The maximum atomic E-state index is 11.2. The lowest BCUT2D eigenvalue weighted by Gasteiger charge is -2.01. The van der Waals surface area contributed by atoms with Crippen molar-refractivity contribution < 1.29 is 19.4 Å². The zero-order valence-corrected chi connectivity index (χ0v) is 11.9. The maximum absolute atomic E-state index is 11.2. The molecule has 5 heteroatoms. The van der Waals surface area contributed by atoms with Gasteiger partial charge in [0.2, 0.25) is 0 Å². The van der Waals surface area contributed by atoms with Crippen LogP contribution in [-0.2, 0) is 14.3 Å². The molecule has 0 aromatic heterocycles. The van der Waals surface area contributed by atoms with Crippen LogP contribution in [-0.4, -0.2) is 29.4 Å². The lowest BCUT2D eigenvalue weighted by atomic mass is 10.2. The quantitative estimate of drug-likeness (QED) is 0.475. The minimum Gasteiger partial charge on any atom is -0.477 e. The number of rotatable bonds is 7. The van der Waals surface area contributed by atoms with Crippen LogP contribution in [0.25, 0.3) is 6.08 Å². The van der Waals surface area contributed by atoms with E-state index in [1.165, 1.54) is 6.08 Å². The number of hydrogen-bond acceptors (Lipinski definition) is 4. The van der Waals surface area contributed by atoms with Crippen LogP contribution in [0.1, 0.15) is 12.5 Å². The number of carboxylic acid groups (broad SMARTS) is 1. The predicted octanol–water partition coefficient (Wildman–Crippen LogP) is 2.96. The molecule has 0 unspecified atom stereocenters. The van der Waals surface area contributed by atoms with Crippen LogP contribution in [0.15, 0.2) is 47.4 Å². The van der Waals surface area contributed by atoms with Crippen molar-refractivity contribution in [2.24, 2.45) is 0 Å². The standard InChI is InChI=1S/C15H16O4S/c1-2-19-14(16)11-20-13(15(17)18)10-6-9-12-7-4-3-5-8-12/h3-10H,2,11H2,1H3,(H,17,18)/b9-6+,13-10+. The van der Waals surface area contributed by atoms with Crippen molar-refractivity contribution >= 4 is 29.8 Å². The van der Waals surface area contributed by atoms with Gasteiger partial charge in [0.05, 0.1) is 17.3 Å². The summed E-state index contributed by atoms with van der Waals surface area (Å²) in [6.45, 7) is 2.00. The molecule has 106 valence electrons. The summed E-state index contributed by atoms with van der Waals surface area (Å²) in [5.41, 5.74) is 0.976. The monoisotopic (exact) mass is 292 g/mol. The summed E-state index contributed by atoms with van der Waals surface area (Å²) in [7, 11) is 0. The van der Waals surface area contributed by atoms with E-state index in [-0.39, 0.29) is 10.7 Å². The molecule has 0 fully saturated rings. The van der Waals surface area contributed by atoms with Crippen LogP contribution in [0.5, 0.6) is 0 Å². The minimum absolute atomic E-state index is 0.00878. The Bertz CT molecular complexity index is 506. The predicted molar refractivity (Wildman–Crippen MR) is 80.3 cm³/mol. The fraction of sp³-hybridized carbons (Fsp3) is 0.200. The van der Waals surface area contributed by atoms with E-state index in [0.29, 0.717) is 6.61 Å². The van der Waals surface area contributed by atoms with Crippen molar-refractivity contribution in [2.45, 2.75) is 6.92 Å². The number of carbonyl (C=O) groups is 2. The summed E-state index contributed by atoms with van der Waals surface area (Å²) in [4.78, 5) is 22.3. The van der Waals surface area contributed by atoms with E-state index in [1.54, 1.807) is 19.1 Å². The molecule has 0 saturated heterocycles. The molecule has 0 aliphatic rings. The Morgan fingerprint density at radius 2 is 2.00 bits per heavy atom. The minimum atomic E-state index is -1.06. The van der Waals surface area contributed by atoms with Gasteiger partial charge in [0.25, 0.3) is 0 Å². The largest absolute Gasteiger partial charge is 0.477 e. The highest BCUT2D eigenvalue weighted by Crippen LogP contribution is 2.16. The molecule has 0 saturated carbocycles. The number of esters is 1. The first-order valence-electron chi connectivity index (χ1n) is 6.08. The number of thioether (sulfide) groups is 1. The summed E-state index contributed by atoms with van der Waals surface area (Å²) in [6, 6.07) is 9.53. The van der Waals surface area contributed by atoms with Gasteiger partial charge in [-0.15, -0.1) is 11.8 Å². The normalized spacial score (nSPS) is 11.6. The highest BCUT2D eigenvalue weighted by molar-refractivity contribution is 8.04. The summed E-state index contributed by atoms with van der Waals surface area (Å²) < 4.78 is 4.75. The molecule has 0 aliphatic heterocycles. The van der Waals surface area contributed by atoms with Gasteiger partial charge in [-0.1, -0.05) is 42.5 Å². The molecule has 1 aromatic carbocycles. The number of allylic oxidation sites excluding steroid dienone is 2. The third-order valence-corrected chi connectivity index (χ3v) is 3.20. The molecule has 0 atom stereocenters. The van der Waals surface area contributed by atoms with Gasteiger partial charge in [0.1, 0.15) is 0 Å². The molecule has 4 nitrogen and oxygen atoms in total. The third-order valence-electron chi connectivity index (χ3n) is 2.20. The van der Waals surface area contributed by atoms with Crippen LogP contribution in [0.4, 0.5) is 0 Å². The van der Waals surface area contributed by atoms with Crippen LogP contribution in [0.3, 0.4) is 0 Å². The second-order valence-corrected chi connectivity index (χ2v) is 4.72. The number of carboxylic acids is 1. The molecular formula is C15H16O4S. The number of benzene rings is 1. The Labute approximate surface area is 122 Å². The summed E-state index contributed by atoms with van der Waals surface area (Å²) in [6.07, 6.45) is 4.92. The van der Waals surface area contributed by atoms with Crippen LogP contribution >= 0.6 is 11.8 Å². The topological polar surface area (TPSA) is 63.6 Å². The van der Waals surface area contributed by atoms with Gasteiger partial charge in [-0.3, -0.25) is 4.79 Å². The van der Waals surface area contributed by atoms with Crippen LogP contribution < -0.4 is 0 Å². The van der Waals surface area contributed by atoms with Crippen molar-refractivity contribution in [2.75, 3.05) is 12.4 Å². The van der Waals surface area contributed by atoms with E-state index in [4.69, 9.17) is 9.84 Å². The molecule has 0 amide bonds. The number of aliphatic carboxylic acids is 1. The first kappa shape index (κ1) is 16.0. The van der Waals surface area contributed by atoms with Crippen LogP contribution in [0, 0.1) is 0 Å². The van der Waals surface area contributed by atoms with Gasteiger partial charge in [0, 0.05) is 0 Å². The zero-order chi connectivity index (χ0) is 14.8. The Balaban J connectivity index is 2.62. The van der Waals surface area contributed by atoms with E-state index in [1.807, 2.05) is 30.3 Å². The molecular weight excluding hydrogens is 276 g/mol. The number of carbonyl (C=O) groups excluding carboxylic acids is 1. The Morgan fingerprint density at radius 1 is 1.30 bits per heavy atom. The second-order valence-electron chi connectivity index (χ2n) is 3.70. The molecule has 0 aliphatic carbocycles. The smallest absolute Gasteiger partial charge is 0.342 e. The lowest BCUT2D eigenvalue weighted by Crippen LogP contribution is -2.08. The van der Waals surface area contributed by atoms with Gasteiger partial charge in [-0.05, 0) is 18.6 Å². The molecule has 0 spiro atoms. The first-order chi connectivity index (χ1) is 9.63. The van der Waals surface area contributed by atoms with Crippen LogP contribution in [0.2, 0.25) is 0 Å².